The average molecular weight is 412 g/mol. The molecule has 1 saturated heterocycles. The van der Waals surface area contributed by atoms with Crippen molar-refractivity contribution < 1.29 is 9.72 Å². The Morgan fingerprint density at radius 2 is 1.73 bits per heavy atom. The topological polar surface area (TPSA) is 82.0 Å². The van der Waals surface area contributed by atoms with Crippen molar-refractivity contribution in [2.24, 2.45) is 0 Å². The van der Waals surface area contributed by atoms with Crippen LogP contribution in [0.25, 0.3) is 0 Å². The van der Waals surface area contributed by atoms with Crippen LogP contribution in [0.4, 0.5) is 11.4 Å². The molecule has 1 aliphatic heterocycles. The minimum Gasteiger partial charge on any atom is -0.378 e. The Morgan fingerprint density at radius 3 is 2.33 bits per heavy atom. The van der Waals surface area contributed by atoms with Crippen molar-refractivity contribution in [3.63, 3.8) is 0 Å². The van der Waals surface area contributed by atoms with E-state index in [1.54, 1.807) is 12.1 Å². The standard InChI is InChI=1S/C22H29N5O3/c1-24(2)18-10-8-17(9-11-18)21(26-14-12-25(3)13-15-26)16-23-22(28)19-6-4-5-7-20(19)27(29)30/h4-11,21H,12-16H2,1-3H3,(H,23,28)/t21-/m1/s1. The first kappa shape index (κ1) is 21.7. The molecule has 1 atom stereocenters. The van der Waals surface area contributed by atoms with Crippen LogP contribution >= 0.6 is 0 Å². The molecular formula is C22H29N5O3. The van der Waals surface area contributed by atoms with Gasteiger partial charge in [-0.3, -0.25) is 19.8 Å². The molecular weight excluding hydrogens is 382 g/mol. The van der Waals surface area contributed by atoms with E-state index in [9.17, 15) is 14.9 Å². The largest absolute Gasteiger partial charge is 0.378 e. The van der Waals surface area contributed by atoms with Crippen LogP contribution < -0.4 is 10.2 Å². The smallest absolute Gasteiger partial charge is 0.282 e. The van der Waals surface area contributed by atoms with E-state index in [0.717, 1.165) is 37.4 Å². The summed E-state index contributed by atoms with van der Waals surface area (Å²) < 4.78 is 0. The van der Waals surface area contributed by atoms with Crippen molar-refractivity contribution in [1.82, 2.24) is 15.1 Å². The summed E-state index contributed by atoms with van der Waals surface area (Å²) in [4.78, 5) is 30.2. The lowest BCUT2D eigenvalue weighted by molar-refractivity contribution is -0.385. The van der Waals surface area contributed by atoms with Gasteiger partial charge in [-0.15, -0.1) is 0 Å². The van der Waals surface area contributed by atoms with E-state index in [1.807, 2.05) is 19.0 Å². The van der Waals surface area contributed by atoms with Gasteiger partial charge in [-0.2, -0.15) is 0 Å². The fraction of sp³-hybridized carbons (Fsp3) is 0.409. The highest BCUT2D eigenvalue weighted by Gasteiger charge is 2.26. The molecule has 1 aliphatic rings. The van der Waals surface area contributed by atoms with Gasteiger partial charge in [-0.1, -0.05) is 24.3 Å². The highest BCUT2D eigenvalue weighted by molar-refractivity contribution is 5.98. The molecule has 1 heterocycles. The highest BCUT2D eigenvalue weighted by atomic mass is 16.6. The second-order valence-corrected chi connectivity index (χ2v) is 7.83. The fourth-order valence-corrected chi connectivity index (χ4v) is 3.70. The van der Waals surface area contributed by atoms with Gasteiger partial charge in [0.2, 0.25) is 0 Å². The van der Waals surface area contributed by atoms with Crippen LogP contribution in [-0.4, -0.2) is 74.5 Å². The maximum atomic E-state index is 12.7. The van der Waals surface area contributed by atoms with Gasteiger partial charge < -0.3 is 15.1 Å². The molecule has 160 valence electrons. The second kappa shape index (κ2) is 9.69. The van der Waals surface area contributed by atoms with Crippen molar-refractivity contribution in [3.8, 4) is 0 Å². The molecule has 3 rings (SSSR count). The summed E-state index contributed by atoms with van der Waals surface area (Å²) in [5.74, 6) is -0.425. The molecule has 2 aromatic carbocycles. The Hall–Kier alpha value is -2.97. The zero-order chi connectivity index (χ0) is 21.7. The lowest BCUT2D eigenvalue weighted by Gasteiger charge is -2.38. The van der Waals surface area contributed by atoms with E-state index in [2.05, 4.69) is 46.4 Å². The monoisotopic (exact) mass is 411 g/mol. The maximum Gasteiger partial charge on any atom is 0.282 e. The maximum absolute atomic E-state index is 12.7. The summed E-state index contributed by atoms with van der Waals surface area (Å²) in [5, 5.41) is 14.2. The summed E-state index contributed by atoms with van der Waals surface area (Å²) in [5.41, 5.74) is 2.14. The number of nitrogens with one attached hydrogen (secondary N) is 1. The molecule has 8 nitrogen and oxygen atoms in total. The number of benzene rings is 2. The number of nitro benzene ring substituents is 1. The number of rotatable bonds is 7. The summed E-state index contributed by atoms with van der Waals surface area (Å²) in [6.07, 6.45) is 0. The molecule has 2 aromatic rings. The predicted molar refractivity (Wildman–Crippen MR) is 118 cm³/mol. The van der Waals surface area contributed by atoms with Crippen molar-refractivity contribution >= 4 is 17.3 Å². The quantitative estimate of drug-likeness (QED) is 0.557. The van der Waals surface area contributed by atoms with Crippen LogP contribution in [0.5, 0.6) is 0 Å². The van der Waals surface area contributed by atoms with E-state index in [-0.39, 0.29) is 17.3 Å². The number of anilines is 1. The first-order valence-electron chi connectivity index (χ1n) is 10.1. The van der Waals surface area contributed by atoms with Crippen LogP contribution in [0.15, 0.2) is 48.5 Å². The number of hydrogen-bond donors (Lipinski definition) is 1. The first-order chi connectivity index (χ1) is 14.4. The zero-order valence-corrected chi connectivity index (χ0v) is 17.7. The Bertz CT molecular complexity index is 877. The Balaban J connectivity index is 1.79. The van der Waals surface area contributed by atoms with Gasteiger partial charge >= 0.3 is 0 Å². The van der Waals surface area contributed by atoms with E-state index >= 15 is 0 Å². The van der Waals surface area contributed by atoms with Crippen LogP contribution in [-0.2, 0) is 0 Å². The predicted octanol–water partition coefficient (Wildman–Crippen LogP) is 2.38. The van der Waals surface area contributed by atoms with Crippen molar-refractivity contribution in [3.05, 3.63) is 69.8 Å². The number of carbonyl (C=O) groups is 1. The van der Waals surface area contributed by atoms with Crippen LogP contribution in [0.1, 0.15) is 22.0 Å². The zero-order valence-electron chi connectivity index (χ0n) is 17.7. The lowest BCUT2D eigenvalue weighted by atomic mass is 10.0. The third kappa shape index (κ3) is 5.14. The van der Waals surface area contributed by atoms with Crippen LogP contribution in [0, 0.1) is 10.1 Å². The lowest BCUT2D eigenvalue weighted by Crippen LogP contribution is -2.48. The molecule has 0 unspecified atom stereocenters. The molecule has 1 amide bonds. The number of carbonyl (C=O) groups excluding carboxylic acids is 1. The molecule has 0 spiro atoms. The van der Waals surface area contributed by atoms with Crippen molar-refractivity contribution in [2.45, 2.75) is 6.04 Å². The third-order valence-corrected chi connectivity index (χ3v) is 5.57. The summed E-state index contributed by atoms with van der Waals surface area (Å²) in [7, 11) is 6.11. The van der Waals surface area contributed by atoms with E-state index < -0.39 is 10.8 Å². The third-order valence-electron chi connectivity index (χ3n) is 5.57. The van der Waals surface area contributed by atoms with Crippen molar-refractivity contribution in [2.75, 3.05) is 58.8 Å². The van der Waals surface area contributed by atoms with E-state index in [4.69, 9.17) is 0 Å². The van der Waals surface area contributed by atoms with Crippen molar-refractivity contribution in [1.29, 1.82) is 0 Å². The van der Waals surface area contributed by atoms with E-state index in [0.29, 0.717) is 6.54 Å². The molecule has 0 radical (unpaired) electrons. The molecule has 30 heavy (non-hydrogen) atoms. The average Bonchev–Trinajstić information content (AvgIpc) is 2.75. The van der Waals surface area contributed by atoms with Gasteiger partial charge in [0.05, 0.1) is 11.0 Å². The molecule has 8 heteroatoms. The SMILES string of the molecule is CN1CCN([C@H](CNC(=O)c2ccccc2[N+](=O)[O-])c2ccc(N(C)C)cc2)CC1. The number of piperazine rings is 1. The van der Waals surface area contributed by atoms with Gasteiger partial charge in [-0.25, -0.2) is 0 Å². The molecule has 0 aliphatic carbocycles. The number of nitro groups is 1. The number of likely N-dealkylation sites (N-methyl/N-ethyl adjacent to an activating group) is 1. The minimum absolute atomic E-state index is 0.00151. The number of nitrogens with zero attached hydrogens (tertiary/aromatic N) is 4. The van der Waals surface area contributed by atoms with Gasteiger partial charge in [0.25, 0.3) is 11.6 Å². The van der Waals surface area contributed by atoms with Gasteiger partial charge in [0, 0.05) is 58.6 Å². The van der Waals surface area contributed by atoms with Gasteiger partial charge in [-0.05, 0) is 30.8 Å². The van der Waals surface area contributed by atoms with E-state index in [1.165, 1.54) is 12.1 Å². The molecule has 1 fully saturated rings. The molecule has 0 bridgehead atoms. The molecule has 1 N–H and O–H groups in total. The molecule has 0 aromatic heterocycles. The normalized spacial score (nSPS) is 16.1. The summed E-state index contributed by atoms with van der Waals surface area (Å²) >= 11 is 0. The number of hydrogen-bond acceptors (Lipinski definition) is 6. The second-order valence-electron chi connectivity index (χ2n) is 7.83. The Kier molecular flexibility index (Phi) is 7.02. The highest BCUT2D eigenvalue weighted by Crippen LogP contribution is 2.25. The Morgan fingerprint density at radius 1 is 1.10 bits per heavy atom. The van der Waals surface area contributed by atoms with Gasteiger partial charge in [0.1, 0.15) is 5.56 Å². The first-order valence-corrected chi connectivity index (χ1v) is 10.1. The number of amides is 1. The summed E-state index contributed by atoms with van der Waals surface area (Å²) in [6.45, 7) is 4.11. The van der Waals surface area contributed by atoms with Crippen LogP contribution in [0.2, 0.25) is 0 Å². The number of para-hydroxylation sites is 1. The van der Waals surface area contributed by atoms with Crippen LogP contribution in [0.3, 0.4) is 0 Å². The Labute approximate surface area is 177 Å². The molecule has 0 saturated carbocycles. The minimum atomic E-state index is -0.521. The summed E-state index contributed by atoms with van der Waals surface area (Å²) in [6, 6.07) is 14.4. The van der Waals surface area contributed by atoms with Gasteiger partial charge in [0.15, 0.2) is 0 Å². The fourth-order valence-electron chi connectivity index (χ4n) is 3.70.